The largest absolute Gasteiger partial charge is 0.463 e. The van der Waals surface area contributed by atoms with Crippen LogP contribution < -0.4 is 5.32 Å². The molecule has 2 rings (SSSR count). The van der Waals surface area contributed by atoms with Gasteiger partial charge in [0.2, 0.25) is 5.82 Å². The maximum Gasteiger partial charge on any atom is 0.376 e. The van der Waals surface area contributed by atoms with Gasteiger partial charge in [-0.25, -0.2) is 14.8 Å². The second kappa shape index (κ2) is 7.93. The number of rotatable bonds is 6. The van der Waals surface area contributed by atoms with Crippen LogP contribution in [0.3, 0.4) is 0 Å². The van der Waals surface area contributed by atoms with Crippen LogP contribution in [0.1, 0.15) is 43.2 Å². The van der Waals surface area contributed by atoms with Gasteiger partial charge in [-0.1, -0.05) is 6.42 Å². The van der Waals surface area contributed by atoms with Crippen molar-refractivity contribution in [3.05, 3.63) is 18.1 Å². The zero-order chi connectivity index (χ0) is 15.1. The molecular formula is C15H24N4O2. The van der Waals surface area contributed by atoms with E-state index in [1.54, 1.807) is 12.3 Å². The maximum atomic E-state index is 11.4. The van der Waals surface area contributed by atoms with Crippen molar-refractivity contribution in [2.75, 3.05) is 32.1 Å². The van der Waals surface area contributed by atoms with Crippen LogP contribution >= 0.6 is 0 Å². The van der Waals surface area contributed by atoms with Gasteiger partial charge in [-0.2, -0.15) is 0 Å². The molecule has 0 bridgehead atoms. The lowest BCUT2D eigenvalue weighted by atomic mass is 10.0. The molecule has 2 heterocycles. The van der Waals surface area contributed by atoms with Crippen LogP contribution in [0.25, 0.3) is 0 Å². The number of hydrogen-bond donors (Lipinski definition) is 1. The molecule has 1 fully saturated rings. The van der Waals surface area contributed by atoms with Gasteiger partial charge in [0.05, 0.1) is 7.11 Å². The van der Waals surface area contributed by atoms with Gasteiger partial charge in [0, 0.05) is 25.3 Å². The van der Waals surface area contributed by atoms with Crippen molar-refractivity contribution < 1.29 is 9.53 Å². The zero-order valence-corrected chi connectivity index (χ0v) is 12.8. The fourth-order valence-electron chi connectivity index (χ4n) is 2.64. The fraction of sp³-hybridized carbons (Fsp3) is 0.667. The van der Waals surface area contributed by atoms with E-state index in [0.717, 1.165) is 19.5 Å². The molecule has 1 saturated heterocycles. The Labute approximate surface area is 125 Å². The summed E-state index contributed by atoms with van der Waals surface area (Å²) in [5, 5.41) is 3.23. The molecule has 0 aliphatic carbocycles. The monoisotopic (exact) mass is 292 g/mol. The number of methoxy groups -OCH3 is 1. The number of aromatic nitrogens is 2. The first-order chi connectivity index (χ1) is 10.2. The minimum absolute atomic E-state index is 0.0900. The Kier molecular flexibility index (Phi) is 5.92. The molecule has 1 aromatic heterocycles. The second-order valence-corrected chi connectivity index (χ2v) is 5.42. The number of esters is 1. The standard InChI is InChI=1S/C15H24N4O2/c1-12-6-3-4-10-19(12)11-5-8-16-13-7-9-17-14(18-13)15(20)21-2/h7,9,12H,3-6,8,10-11H2,1-2H3,(H,16,17,18). The summed E-state index contributed by atoms with van der Waals surface area (Å²) in [4.78, 5) is 21.9. The first-order valence-corrected chi connectivity index (χ1v) is 7.60. The van der Waals surface area contributed by atoms with E-state index >= 15 is 0 Å². The van der Waals surface area contributed by atoms with Crippen LogP contribution in [0, 0.1) is 0 Å². The van der Waals surface area contributed by atoms with Gasteiger partial charge in [0.25, 0.3) is 0 Å². The van der Waals surface area contributed by atoms with E-state index in [1.165, 1.54) is 32.9 Å². The zero-order valence-electron chi connectivity index (χ0n) is 12.8. The molecule has 1 aromatic rings. The van der Waals surface area contributed by atoms with E-state index in [0.29, 0.717) is 11.9 Å². The third-order valence-electron chi connectivity index (χ3n) is 3.89. The minimum atomic E-state index is -0.513. The summed E-state index contributed by atoms with van der Waals surface area (Å²) < 4.78 is 4.61. The molecule has 6 nitrogen and oxygen atoms in total. The van der Waals surface area contributed by atoms with Gasteiger partial charge in [0.15, 0.2) is 0 Å². The normalized spacial score (nSPS) is 19.2. The molecule has 0 amide bonds. The van der Waals surface area contributed by atoms with Crippen molar-refractivity contribution in [1.82, 2.24) is 14.9 Å². The highest BCUT2D eigenvalue weighted by molar-refractivity contribution is 5.85. The average Bonchev–Trinajstić information content (AvgIpc) is 2.52. The number of ether oxygens (including phenoxy) is 1. The van der Waals surface area contributed by atoms with Crippen molar-refractivity contribution >= 4 is 11.8 Å². The molecule has 116 valence electrons. The molecule has 21 heavy (non-hydrogen) atoms. The van der Waals surface area contributed by atoms with Gasteiger partial charge >= 0.3 is 5.97 Å². The summed E-state index contributed by atoms with van der Waals surface area (Å²) in [5.41, 5.74) is 0. The number of carbonyl (C=O) groups is 1. The average molecular weight is 292 g/mol. The summed E-state index contributed by atoms with van der Waals surface area (Å²) in [7, 11) is 1.32. The number of nitrogens with zero attached hydrogens (tertiary/aromatic N) is 3. The van der Waals surface area contributed by atoms with Crippen LogP contribution in [-0.4, -0.2) is 53.6 Å². The van der Waals surface area contributed by atoms with Crippen molar-refractivity contribution in [3.63, 3.8) is 0 Å². The van der Waals surface area contributed by atoms with E-state index in [2.05, 4.69) is 31.8 Å². The van der Waals surface area contributed by atoms with E-state index < -0.39 is 5.97 Å². The van der Waals surface area contributed by atoms with Gasteiger partial charge in [-0.05, 0) is 38.8 Å². The third kappa shape index (κ3) is 4.67. The van der Waals surface area contributed by atoms with Crippen LogP contribution in [0.15, 0.2) is 12.3 Å². The predicted octanol–water partition coefficient (Wildman–Crippen LogP) is 1.94. The lowest BCUT2D eigenvalue weighted by Gasteiger charge is -2.33. The topological polar surface area (TPSA) is 67.3 Å². The highest BCUT2D eigenvalue weighted by Gasteiger charge is 2.17. The predicted molar refractivity (Wildman–Crippen MR) is 81.4 cm³/mol. The Morgan fingerprint density at radius 3 is 3.14 bits per heavy atom. The third-order valence-corrected chi connectivity index (χ3v) is 3.89. The van der Waals surface area contributed by atoms with Crippen molar-refractivity contribution in [1.29, 1.82) is 0 Å². The molecule has 1 aliphatic rings. The fourth-order valence-corrected chi connectivity index (χ4v) is 2.64. The van der Waals surface area contributed by atoms with Crippen molar-refractivity contribution in [2.24, 2.45) is 0 Å². The molecule has 1 atom stereocenters. The van der Waals surface area contributed by atoms with Gasteiger partial charge in [-0.3, -0.25) is 0 Å². The maximum absolute atomic E-state index is 11.4. The first kappa shape index (κ1) is 15.7. The molecule has 0 aromatic carbocycles. The van der Waals surface area contributed by atoms with E-state index in [-0.39, 0.29) is 5.82 Å². The number of nitrogens with one attached hydrogen (secondary N) is 1. The highest BCUT2D eigenvalue weighted by atomic mass is 16.5. The molecule has 1 unspecified atom stereocenters. The number of carbonyl (C=O) groups excluding carboxylic acids is 1. The first-order valence-electron chi connectivity index (χ1n) is 7.60. The molecule has 6 heteroatoms. The second-order valence-electron chi connectivity index (χ2n) is 5.42. The Bertz CT molecular complexity index is 467. The molecule has 0 spiro atoms. The van der Waals surface area contributed by atoms with Crippen LogP contribution in [0.2, 0.25) is 0 Å². The van der Waals surface area contributed by atoms with Gasteiger partial charge < -0.3 is 15.0 Å². The summed E-state index contributed by atoms with van der Waals surface area (Å²) in [6.45, 7) is 5.45. The van der Waals surface area contributed by atoms with E-state index in [1.807, 2.05) is 0 Å². The van der Waals surface area contributed by atoms with Gasteiger partial charge in [0.1, 0.15) is 5.82 Å². The van der Waals surface area contributed by atoms with Crippen molar-refractivity contribution in [2.45, 2.75) is 38.6 Å². The quantitative estimate of drug-likeness (QED) is 0.638. The lowest BCUT2D eigenvalue weighted by Crippen LogP contribution is -2.38. The summed E-state index contributed by atoms with van der Waals surface area (Å²) in [5.74, 6) is 0.241. The Balaban J connectivity index is 1.74. The van der Waals surface area contributed by atoms with Crippen LogP contribution in [-0.2, 0) is 4.74 Å². The molecule has 1 N–H and O–H groups in total. The summed E-state index contributed by atoms with van der Waals surface area (Å²) in [6.07, 6.45) is 6.59. The SMILES string of the molecule is COC(=O)c1nccc(NCCCN2CCCCC2C)n1. The molecule has 0 radical (unpaired) electrons. The Morgan fingerprint density at radius 2 is 2.38 bits per heavy atom. The molecule has 0 saturated carbocycles. The van der Waals surface area contributed by atoms with E-state index in [9.17, 15) is 4.79 Å². The van der Waals surface area contributed by atoms with Crippen LogP contribution in [0.5, 0.6) is 0 Å². The number of anilines is 1. The molecular weight excluding hydrogens is 268 g/mol. The van der Waals surface area contributed by atoms with Crippen LogP contribution in [0.4, 0.5) is 5.82 Å². The van der Waals surface area contributed by atoms with Gasteiger partial charge in [-0.15, -0.1) is 0 Å². The smallest absolute Gasteiger partial charge is 0.376 e. The summed E-state index contributed by atoms with van der Waals surface area (Å²) in [6, 6.07) is 2.46. The summed E-state index contributed by atoms with van der Waals surface area (Å²) >= 11 is 0. The number of hydrogen-bond acceptors (Lipinski definition) is 6. The Hall–Kier alpha value is -1.69. The van der Waals surface area contributed by atoms with E-state index in [4.69, 9.17) is 0 Å². The number of likely N-dealkylation sites (tertiary alicyclic amines) is 1. The lowest BCUT2D eigenvalue weighted by molar-refractivity contribution is 0.0587. The minimum Gasteiger partial charge on any atom is -0.463 e. The Morgan fingerprint density at radius 1 is 1.52 bits per heavy atom. The number of piperidine rings is 1. The molecule has 1 aliphatic heterocycles. The highest BCUT2D eigenvalue weighted by Crippen LogP contribution is 2.16. The van der Waals surface area contributed by atoms with Crippen molar-refractivity contribution in [3.8, 4) is 0 Å².